The molecule has 2 unspecified atom stereocenters. The van der Waals surface area contributed by atoms with Crippen LogP contribution in [0.15, 0.2) is 219 Å². The number of benzene rings is 6. The summed E-state index contributed by atoms with van der Waals surface area (Å²) < 4.78 is 4.75. The lowest BCUT2D eigenvalue weighted by atomic mass is 9.49. The van der Waals surface area contributed by atoms with Crippen molar-refractivity contribution in [3.8, 4) is 34.2 Å². The van der Waals surface area contributed by atoms with Gasteiger partial charge in [-0.1, -0.05) is 146 Å². The zero-order valence-electron chi connectivity index (χ0n) is 34.5. The Labute approximate surface area is 368 Å². The van der Waals surface area contributed by atoms with Crippen LogP contribution in [0.4, 0.5) is 0 Å². The number of rotatable bonds is 5. The molecular weight excluding hydrogens is 781 g/mol. The smallest absolute Gasteiger partial charge is 0.0936 e. The van der Waals surface area contributed by atoms with E-state index in [1.165, 1.54) is 21.5 Å². The third-order valence-corrected chi connectivity index (χ3v) is 14.1. The second kappa shape index (κ2) is 13.0. The maximum atomic E-state index is 5.51. The molecule has 6 aromatic carbocycles. The molecule has 0 bridgehead atoms. The van der Waals surface area contributed by atoms with Crippen LogP contribution in [0.2, 0.25) is 0 Å². The highest BCUT2D eigenvalue weighted by molar-refractivity contribution is 6.10. The summed E-state index contributed by atoms with van der Waals surface area (Å²) in [4.78, 5) is 21.5. The molecule has 14 rings (SSSR count). The van der Waals surface area contributed by atoms with E-state index in [9.17, 15) is 0 Å². The van der Waals surface area contributed by atoms with Crippen molar-refractivity contribution in [3.05, 3.63) is 252 Å². The first kappa shape index (κ1) is 35.2. The highest BCUT2D eigenvalue weighted by atomic mass is 15.0. The van der Waals surface area contributed by atoms with E-state index in [4.69, 9.17) is 19.9 Å². The summed E-state index contributed by atoms with van der Waals surface area (Å²) in [5.41, 5.74) is 14.6. The van der Waals surface area contributed by atoms with Crippen molar-refractivity contribution in [2.75, 3.05) is 0 Å². The highest BCUT2D eigenvalue weighted by Crippen LogP contribution is 2.69. The maximum absolute atomic E-state index is 5.51. The van der Waals surface area contributed by atoms with Gasteiger partial charge in [0.2, 0.25) is 0 Å². The Kier molecular flexibility index (Phi) is 7.15. The van der Waals surface area contributed by atoms with Gasteiger partial charge in [-0.3, -0.25) is 19.9 Å². The first-order valence-corrected chi connectivity index (χ1v) is 21.8. The van der Waals surface area contributed by atoms with Crippen molar-refractivity contribution in [2.45, 2.75) is 10.8 Å². The van der Waals surface area contributed by atoms with Crippen molar-refractivity contribution in [1.29, 1.82) is 0 Å². The largest absolute Gasteiger partial charge is 0.308 e. The van der Waals surface area contributed by atoms with E-state index in [1.54, 1.807) is 0 Å². The molecular formula is C58H36N6. The highest BCUT2D eigenvalue weighted by Gasteiger charge is 2.66. The molecule has 0 saturated carbocycles. The normalized spacial score (nSPS) is 17.2. The van der Waals surface area contributed by atoms with Gasteiger partial charge in [-0.25, -0.2) is 0 Å². The van der Waals surface area contributed by atoms with Gasteiger partial charge in [0, 0.05) is 33.9 Å². The van der Waals surface area contributed by atoms with Crippen LogP contribution >= 0.6 is 0 Å². The number of aromatic nitrogens is 6. The third-order valence-electron chi connectivity index (χ3n) is 14.1. The minimum atomic E-state index is -0.944. The Morgan fingerprint density at radius 3 is 1.00 bits per heavy atom. The summed E-state index contributed by atoms with van der Waals surface area (Å²) in [5.74, 6) is 0. The van der Waals surface area contributed by atoms with E-state index in [1.807, 2.05) is 24.8 Å². The van der Waals surface area contributed by atoms with E-state index in [0.717, 1.165) is 89.6 Å². The van der Waals surface area contributed by atoms with Gasteiger partial charge in [0.05, 0.1) is 79.4 Å². The predicted octanol–water partition coefficient (Wildman–Crippen LogP) is 12.8. The lowest BCUT2D eigenvalue weighted by Crippen LogP contribution is -2.50. The average molecular weight is 817 g/mol. The number of fused-ring (bicyclic) bond motifs is 12. The summed E-state index contributed by atoms with van der Waals surface area (Å²) in [7, 11) is 0. The quantitative estimate of drug-likeness (QED) is 0.174. The minimum Gasteiger partial charge on any atom is -0.308 e. The standard InChI is InChI=1S/C58H36N6/c1-3-17-37(18-4-1)57(45-25-15-31-59-53(45)55-47(57)33-39(35-61-55)63-49-27-11-7-21-41(49)42-22-8-12-28-50(42)63)58(38-19-5-2-6-20-38)46-26-16-32-60-54(46)56-48(58)34-40(36-62-56)64-51-29-13-9-23-43(51)44-24-10-14-30-52(44)64/h1-36H. The zero-order valence-corrected chi connectivity index (χ0v) is 34.5. The van der Waals surface area contributed by atoms with Crippen molar-refractivity contribution < 1.29 is 0 Å². The van der Waals surface area contributed by atoms with Gasteiger partial charge in [-0.2, -0.15) is 0 Å². The van der Waals surface area contributed by atoms with Crippen molar-refractivity contribution in [2.24, 2.45) is 0 Å². The van der Waals surface area contributed by atoms with Gasteiger partial charge in [-0.05, 0) is 81.9 Å². The van der Waals surface area contributed by atoms with Gasteiger partial charge in [0.1, 0.15) is 0 Å². The van der Waals surface area contributed by atoms with E-state index in [-0.39, 0.29) is 0 Å². The van der Waals surface area contributed by atoms with Crippen LogP contribution in [0.3, 0.4) is 0 Å². The molecule has 0 N–H and O–H groups in total. The maximum Gasteiger partial charge on any atom is 0.0936 e. The van der Waals surface area contributed by atoms with Gasteiger partial charge < -0.3 is 9.13 Å². The lowest BCUT2D eigenvalue weighted by molar-refractivity contribution is 0.435. The Hall–Kier alpha value is -8.48. The molecule has 0 aliphatic heterocycles. The molecule has 2 atom stereocenters. The SMILES string of the molecule is c1ccc(C2(C3(c4ccccc4)c4cccnc4-c4ncc(-n5c6ccccc6c6ccccc65)cc43)c3cccnc3-c3ncc(-n4c5ccccc5c5ccccc54)cc32)cc1. The fourth-order valence-corrected chi connectivity index (χ4v) is 11.8. The Morgan fingerprint density at radius 2 is 0.625 bits per heavy atom. The molecule has 12 aromatic rings. The molecule has 0 amide bonds. The first-order chi connectivity index (χ1) is 31.8. The van der Waals surface area contributed by atoms with Crippen LogP contribution in [0.1, 0.15) is 33.4 Å². The third kappa shape index (κ3) is 4.34. The van der Waals surface area contributed by atoms with Crippen LogP contribution in [0.5, 0.6) is 0 Å². The zero-order chi connectivity index (χ0) is 42.0. The van der Waals surface area contributed by atoms with Crippen LogP contribution in [0, 0.1) is 0 Å². The average Bonchev–Trinajstić information content (AvgIpc) is 4.07. The Morgan fingerprint density at radius 1 is 0.297 bits per heavy atom. The molecule has 0 fully saturated rings. The number of para-hydroxylation sites is 4. The Balaban J connectivity index is 1.18. The molecule has 0 saturated heterocycles. The summed E-state index contributed by atoms with van der Waals surface area (Å²) >= 11 is 0. The van der Waals surface area contributed by atoms with E-state index in [0.29, 0.717) is 0 Å². The molecule has 2 aliphatic carbocycles. The minimum absolute atomic E-state index is 0.865. The molecule has 298 valence electrons. The summed E-state index contributed by atoms with van der Waals surface area (Å²) in [6.07, 6.45) is 7.88. The van der Waals surface area contributed by atoms with Crippen molar-refractivity contribution in [1.82, 2.24) is 29.1 Å². The lowest BCUT2D eigenvalue weighted by Gasteiger charge is -2.50. The molecule has 6 nitrogen and oxygen atoms in total. The monoisotopic (exact) mass is 816 g/mol. The van der Waals surface area contributed by atoms with Crippen molar-refractivity contribution in [3.63, 3.8) is 0 Å². The van der Waals surface area contributed by atoms with Crippen LogP contribution < -0.4 is 0 Å². The fourth-order valence-electron chi connectivity index (χ4n) is 11.8. The molecule has 6 heteroatoms. The molecule has 2 aliphatic rings. The second-order valence-corrected chi connectivity index (χ2v) is 16.9. The molecule has 64 heavy (non-hydrogen) atoms. The summed E-state index contributed by atoms with van der Waals surface area (Å²) in [5, 5.41) is 4.80. The summed E-state index contributed by atoms with van der Waals surface area (Å²) in [6, 6.07) is 70.3. The van der Waals surface area contributed by atoms with E-state index >= 15 is 0 Å². The van der Waals surface area contributed by atoms with Crippen LogP contribution in [0.25, 0.3) is 77.8 Å². The number of hydrogen-bond donors (Lipinski definition) is 0. The Bertz CT molecular complexity index is 3510. The van der Waals surface area contributed by atoms with Gasteiger partial charge in [0.25, 0.3) is 0 Å². The number of nitrogens with zero attached hydrogens (tertiary/aromatic N) is 6. The molecule has 0 spiro atoms. The fraction of sp³-hybridized carbons (Fsp3) is 0.0345. The van der Waals surface area contributed by atoms with Crippen molar-refractivity contribution >= 4 is 43.6 Å². The van der Waals surface area contributed by atoms with Gasteiger partial charge >= 0.3 is 0 Å². The predicted molar refractivity (Wildman–Crippen MR) is 256 cm³/mol. The van der Waals surface area contributed by atoms with Crippen LogP contribution in [-0.4, -0.2) is 29.1 Å². The number of pyridine rings is 4. The van der Waals surface area contributed by atoms with Gasteiger partial charge in [0.15, 0.2) is 0 Å². The first-order valence-electron chi connectivity index (χ1n) is 21.8. The summed E-state index contributed by atoms with van der Waals surface area (Å²) in [6.45, 7) is 0. The topological polar surface area (TPSA) is 61.4 Å². The second-order valence-electron chi connectivity index (χ2n) is 16.9. The molecule has 0 radical (unpaired) electrons. The van der Waals surface area contributed by atoms with Crippen LogP contribution in [-0.2, 0) is 10.8 Å². The van der Waals surface area contributed by atoms with Gasteiger partial charge in [-0.15, -0.1) is 0 Å². The number of hydrogen-bond acceptors (Lipinski definition) is 4. The van der Waals surface area contributed by atoms with E-state index in [2.05, 4.69) is 203 Å². The van der Waals surface area contributed by atoms with E-state index < -0.39 is 10.8 Å². The molecule has 6 heterocycles. The molecule has 6 aromatic heterocycles.